The molecular weight excluding hydrogens is 350 g/mol. The molecule has 0 unspecified atom stereocenters. The zero-order chi connectivity index (χ0) is 18.3. The van der Waals surface area contributed by atoms with E-state index in [1.54, 1.807) is 11.3 Å². The van der Waals surface area contributed by atoms with Crippen LogP contribution in [0.15, 0.2) is 11.4 Å². The van der Waals surface area contributed by atoms with Crippen molar-refractivity contribution in [3.8, 4) is 0 Å². The molecule has 1 N–H and O–H groups in total. The van der Waals surface area contributed by atoms with Gasteiger partial charge in [-0.2, -0.15) is 0 Å². The number of fused-ring (bicyclic) bond motifs is 1. The van der Waals surface area contributed by atoms with Crippen LogP contribution in [0.2, 0.25) is 0 Å². The van der Waals surface area contributed by atoms with Gasteiger partial charge in [0.15, 0.2) is 0 Å². The zero-order valence-electron chi connectivity index (χ0n) is 15.1. The normalized spacial score (nSPS) is 24.3. The number of nitrogens with zero attached hydrogens (tertiary/aromatic N) is 2. The predicted molar refractivity (Wildman–Crippen MR) is 98.8 cm³/mol. The van der Waals surface area contributed by atoms with Gasteiger partial charge in [-0.25, -0.2) is 4.79 Å². The van der Waals surface area contributed by atoms with Crippen LogP contribution in [-0.4, -0.2) is 46.3 Å². The molecule has 4 amide bonds. The smallest absolute Gasteiger partial charge is 0.325 e. The third-order valence-corrected chi connectivity index (χ3v) is 7.07. The first kappa shape index (κ1) is 17.5. The summed E-state index contributed by atoms with van der Waals surface area (Å²) in [6, 6.07) is 1.92. The quantitative estimate of drug-likeness (QED) is 0.823. The summed E-state index contributed by atoms with van der Waals surface area (Å²) in [6.07, 6.45) is 5.24. The molecule has 1 saturated heterocycles. The van der Waals surface area contributed by atoms with Crippen molar-refractivity contribution in [2.45, 2.75) is 63.5 Å². The number of rotatable bonds is 4. The minimum Gasteiger partial charge on any atom is -0.336 e. The Labute approximate surface area is 157 Å². The molecule has 7 heteroatoms. The van der Waals surface area contributed by atoms with Crippen LogP contribution in [0.5, 0.6) is 0 Å². The maximum Gasteiger partial charge on any atom is 0.325 e. The summed E-state index contributed by atoms with van der Waals surface area (Å²) >= 11 is 1.76. The van der Waals surface area contributed by atoms with Gasteiger partial charge in [0.2, 0.25) is 5.91 Å². The molecule has 1 spiro atoms. The highest BCUT2D eigenvalue weighted by Crippen LogP contribution is 2.35. The molecule has 0 bridgehead atoms. The Balaban J connectivity index is 1.32. The van der Waals surface area contributed by atoms with Crippen molar-refractivity contribution < 1.29 is 14.4 Å². The van der Waals surface area contributed by atoms with Gasteiger partial charge in [0.1, 0.15) is 5.54 Å². The first-order chi connectivity index (χ1) is 12.5. The fourth-order valence-electron chi connectivity index (χ4n) is 4.58. The van der Waals surface area contributed by atoms with E-state index in [2.05, 4.69) is 23.7 Å². The number of imide groups is 1. The fraction of sp³-hybridized carbons (Fsp3) is 0.632. The lowest BCUT2D eigenvalue weighted by atomic mass is 9.98. The van der Waals surface area contributed by atoms with Crippen molar-refractivity contribution in [2.75, 3.05) is 13.1 Å². The highest BCUT2D eigenvalue weighted by atomic mass is 32.1. The predicted octanol–water partition coefficient (Wildman–Crippen LogP) is 2.84. The minimum absolute atomic E-state index is 0.0956. The third kappa shape index (κ3) is 2.82. The van der Waals surface area contributed by atoms with Crippen LogP contribution >= 0.6 is 11.3 Å². The second-order valence-electron chi connectivity index (χ2n) is 7.59. The van der Waals surface area contributed by atoms with Gasteiger partial charge in [0.25, 0.3) is 5.91 Å². The van der Waals surface area contributed by atoms with E-state index in [1.807, 2.05) is 4.90 Å². The number of carbonyl (C=O) groups is 3. The largest absolute Gasteiger partial charge is 0.336 e. The monoisotopic (exact) mass is 375 g/mol. The molecule has 1 saturated carbocycles. The first-order valence-electron chi connectivity index (χ1n) is 9.52. The molecule has 0 radical (unpaired) electrons. The van der Waals surface area contributed by atoms with Crippen LogP contribution in [-0.2, 0) is 16.0 Å². The van der Waals surface area contributed by atoms with E-state index in [4.69, 9.17) is 0 Å². The van der Waals surface area contributed by atoms with Gasteiger partial charge in [-0.1, -0.05) is 12.8 Å². The Kier molecular flexibility index (Phi) is 4.50. The third-order valence-electron chi connectivity index (χ3n) is 6.07. The lowest BCUT2D eigenvalue weighted by Gasteiger charge is -2.34. The van der Waals surface area contributed by atoms with Crippen LogP contribution in [0.25, 0.3) is 0 Å². The minimum atomic E-state index is -0.655. The van der Waals surface area contributed by atoms with E-state index in [0.717, 1.165) is 38.6 Å². The van der Waals surface area contributed by atoms with E-state index in [-0.39, 0.29) is 23.9 Å². The second kappa shape index (κ2) is 6.68. The molecule has 4 rings (SSSR count). The number of carbonyl (C=O) groups excluding carboxylic acids is 3. The Bertz CT molecular complexity index is 738. The van der Waals surface area contributed by atoms with Crippen molar-refractivity contribution in [3.63, 3.8) is 0 Å². The Morgan fingerprint density at radius 2 is 2.12 bits per heavy atom. The molecule has 1 aromatic heterocycles. The SMILES string of the molecule is C[C@@H]1c2ccsc2CCN1C(=O)CCCN1C(=O)NC2(CCCC2)C1=O. The summed E-state index contributed by atoms with van der Waals surface area (Å²) in [4.78, 5) is 42.1. The van der Waals surface area contributed by atoms with E-state index in [9.17, 15) is 14.4 Å². The molecule has 6 nitrogen and oxygen atoms in total. The van der Waals surface area contributed by atoms with Crippen molar-refractivity contribution >= 4 is 29.2 Å². The number of hydrogen-bond acceptors (Lipinski definition) is 4. The Hall–Kier alpha value is -1.89. The van der Waals surface area contributed by atoms with Crippen LogP contribution in [0.4, 0.5) is 4.79 Å². The molecule has 140 valence electrons. The molecule has 1 aromatic rings. The summed E-state index contributed by atoms with van der Waals surface area (Å²) in [5.74, 6) is 0.0127. The number of urea groups is 1. The van der Waals surface area contributed by atoms with Crippen LogP contribution in [0, 0.1) is 0 Å². The molecular formula is C19H25N3O3S. The summed E-state index contributed by atoms with van der Waals surface area (Å²) in [7, 11) is 0. The molecule has 2 aliphatic heterocycles. The highest BCUT2D eigenvalue weighted by molar-refractivity contribution is 7.10. The van der Waals surface area contributed by atoms with Gasteiger partial charge in [0.05, 0.1) is 6.04 Å². The van der Waals surface area contributed by atoms with Crippen molar-refractivity contribution in [1.29, 1.82) is 0 Å². The van der Waals surface area contributed by atoms with Crippen LogP contribution < -0.4 is 5.32 Å². The lowest BCUT2D eigenvalue weighted by Crippen LogP contribution is -2.44. The van der Waals surface area contributed by atoms with Gasteiger partial charge in [0, 0.05) is 24.4 Å². The molecule has 26 heavy (non-hydrogen) atoms. The Morgan fingerprint density at radius 1 is 1.35 bits per heavy atom. The molecule has 2 fully saturated rings. The lowest BCUT2D eigenvalue weighted by molar-refractivity contribution is -0.135. The number of nitrogens with one attached hydrogen (secondary N) is 1. The molecule has 1 atom stereocenters. The summed E-state index contributed by atoms with van der Waals surface area (Å²) in [5.41, 5.74) is 0.601. The number of thiophene rings is 1. The van der Waals surface area contributed by atoms with Crippen LogP contribution in [0.3, 0.4) is 0 Å². The van der Waals surface area contributed by atoms with E-state index in [1.165, 1.54) is 15.3 Å². The van der Waals surface area contributed by atoms with Crippen LogP contribution in [0.1, 0.15) is 61.9 Å². The molecule has 1 aliphatic carbocycles. The van der Waals surface area contributed by atoms with E-state index < -0.39 is 5.54 Å². The van der Waals surface area contributed by atoms with Gasteiger partial charge >= 0.3 is 6.03 Å². The average Bonchev–Trinajstić information content (AvgIpc) is 3.32. The van der Waals surface area contributed by atoms with Gasteiger partial charge in [-0.05, 0) is 49.6 Å². The number of amides is 4. The number of hydrogen-bond donors (Lipinski definition) is 1. The van der Waals surface area contributed by atoms with E-state index >= 15 is 0 Å². The summed E-state index contributed by atoms with van der Waals surface area (Å²) < 4.78 is 0. The second-order valence-corrected chi connectivity index (χ2v) is 8.59. The maximum atomic E-state index is 12.7. The molecule has 3 aliphatic rings. The maximum absolute atomic E-state index is 12.7. The summed E-state index contributed by atoms with van der Waals surface area (Å²) in [6.45, 7) is 3.15. The van der Waals surface area contributed by atoms with Crippen molar-refractivity contribution in [1.82, 2.24) is 15.1 Å². The summed E-state index contributed by atoms with van der Waals surface area (Å²) in [5, 5.41) is 4.98. The fourth-order valence-corrected chi connectivity index (χ4v) is 5.54. The topological polar surface area (TPSA) is 69.7 Å². The van der Waals surface area contributed by atoms with Gasteiger partial charge in [-0.3, -0.25) is 14.5 Å². The average molecular weight is 375 g/mol. The van der Waals surface area contributed by atoms with Crippen molar-refractivity contribution in [2.24, 2.45) is 0 Å². The zero-order valence-corrected chi connectivity index (χ0v) is 15.9. The highest BCUT2D eigenvalue weighted by Gasteiger charge is 2.52. The molecule has 0 aromatic carbocycles. The Morgan fingerprint density at radius 3 is 2.88 bits per heavy atom. The first-order valence-corrected chi connectivity index (χ1v) is 10.4. The van der Waals surface area contributed by atoms with Gasteiger partial charge < -0.3 is 10.2 Å². The van der Waals surface area contributed by atoms with E-state index in [0.29, 0.717) is 19.4 Å². The standard InChI is InChI=1S/C19H25N3O3S/c1-13-14-7-12-26-15(14)6-11-21(13)16(23)5-4-10-22-17(24)19(20-18(22)25)8-2-3-9-19/h7,12-13H,2-6,8-11H2,1H3,(H,20,25)/t13-/m1/s1. The van der Waals surface area contributed by atoms with Gasteiger partial charge in [-0.15, -0.1) is 11.3 Å². The van der Waals surface area contributed by atoms with Crippen molar-refractivity contribution in [3.05, 3.63) is 21.9 Å². The molecule has 3 heterocycles.